The highest BCUT2D eigenvalue weighted by molar-refractivity contribution is 7.12. The molecule has 2 rings (SSSR count). The highest BCUT2D eigenvalue weighted by atomic mass is 32.1. The molecule has 0 spiro atoms. The molecule has 1 heterocycles. The largest absolute Gasteiger partial charge is 0.507 e. The summed E-state index contributed by atoms with van der Waals surface area (Å²) in [5.41, 5.74) is 6.53. The summed E-state index contributed by atoms with van der Waals surface area (Å²) in [5, 5.41) is 12.5. The Hall–Kier alpha value is -2.29. The number of aryl methyl sites for hydroxylation is 1. The number of benzene rings is 1. The van der Waals surface area contributed by atoms with Crippen LogP contribution in [0.3, 0.4) is 0 Å². The molecule has 0 aliphatic rings. The number of nitrogens with one attached hydrogen (secondary N) is 1. The Labute approximate surface area is 127 Å². The Kier molecular flexibility index (Phi) is 4.99. The molecule has 0 radical (unpaired) electrons. The number of hydrogen-bond acceptors (Lipinski definition) is 4. The smallest absolute Gasteiger partial charge is 0.255 e. The quantitative estimate of drug-likeness (QED) is 0.759. The maximum atomic E-state index is 12.1. The Morgan fingerprint density at radius 1 is 1.38 bits per heavy atom. The number of carbonyl (C=O) groups is 1. The van der Waals surface area contributed by atoms with Crippen molar-refractivity contribution in [3.05, 3.63) is 51.2 Å². The first-order valence-corrected chi connectivity index (χ1v) is 7.27. The molecular formula is C16H16N2O2S. The van der Waals surface area contributed by atoms with Crippen LogP contribution in [0, 0.1) is 18.8 Å². The molecule has 1 amide bonds. The third-order valence-electron chi connectivity index (χ3n) is 2.80. The minimum absolute atomic E-state index is 0.0150. The van der Waals surface area contributed by atoms with Crippen molar-refractivity contribution in [1.82, 2.24) is 5.32 Å². The van der Waals surface area contributed by atoms with E-state index in [0.717, 1.165) is 15.3 Å². The van der Waals surface area contributed by atoms with Gasteiger partial charge in [-0.3, -0.25) is 4.79 Å². The third kappa shape index (κ3) is 4.09. The molecule has 0 aliphatic carbocycles. The van der Waals surface area contributed by atoms with Gasteiger partial charge in [0.05, 0.1) is 23.5 Å². The highest BCUT2D eigenvalue weighted by Crippen LogP contribution is 2.19. The lowest BCUT2D eigenvalue weighted by Gasteiger charge is -2.06. The molecule has 0 fully saturated rings. The summed E-state index contributed by atoms with van der Waals surface area (Å²) in [6, 6.07) is 8.77. The van der Waals surface area contributed by atoms with Crippen molar-refractivity contribution < 1.29 is 9.90 Å². The second kappa shape index (κ2) is 6.93. The van der Waals surface area contributed by atoms with Crippen molar-refractivity contribution in [3.8, 4) is 17.6 Å². The summed E-state index contributed by atoms with van der Waals surface area (Å²) in [6.45, 7) is 2.61. The van der Waals surface area contributed by atoms with E-state index in [4.69, 9.17) is 5.73 Å². The lowest BCUT2D eigenvalue weighted by molar-refractivity contribution is 0.0948. The zero-order valence-corrected chi connectivity index (χ0v) is 12.5. The molecule has 0 saturated carbocycles. The van der Waals surface area contributed by atoms with E-state index >= 15 is 0 Å². The third-order valence-corrected chi connectivity index (χ3v) is 3.80. The molecular weight excluding hydrogens is 284 g/mol. The first kappa shape index (κ1) is 15.1. The van der Waals surface area contributed by atoms with Gasteiger partial charge in [-0.2, -0.15) is 0 Å². The van der Waals surface area contributed by atoms with Gasteiger partial charge >= 0.3 is 0 Å². The second-order valence-electron chi connectivity index (χ2n) is 4.48. The Bertz CT molecular complexity index is 711. The summed E-state index contributed by atoms with van der Waals surface area (Å²) >= 11 is 1.51. The van der Waals surface area contributed by atoms with Crippen molar-refractivity contribution in [2.45, 2.75) is 13.5 Å². The van der Waals surface area contributed by atoms with E-state index in [1.165, 1.54) is 17.4 Å². The maximum Gasteiger partial charge on any atom is 0.255 e. The van der Waals surface area contributed by atoms with Crippen molar-refractivity contribution in [2.24, 2.45) is 5.73 Å². The lowest BCUT2D eigenvalue weighted by atomic mass is 10.1. The topological polar surface area (TPSA) is 75.3 Å². The number of phenols is 1. The lowest BCUT2D eigenvalue weighted by Crippen LogP contribution is -2.22. The molecule has 108 valence electrons. The van der Waals surface area contributed by atoms with Gasteiger partial charge < -0.3 is 16.2 Å². The molecule has 4 nitrogen and oxygen atoms in total. The van der Waals surface area contributed by atoms with E-state index in [1.807, 2.05) is 19.1 Å². The molecule has 1 aromatic heterocycles. The van der Waals surface area contributed by atoms with Gasteiger partial charge in [-0.05, 0) is 31.2 Å². The fraction of sp³-hybridized carbons (Fsp3) is 0.188. The molecule has 4 N–H and O–H groups in total. The molecule has 0 aliphatic heterocycles. The van der Waals surface area contributed by atoms with E-state index in [2.05, 4.69) is 17.2 Å². The molecule has 1 aromatic carbocycles. The van der Waals surface area contributed by atoms with Crippen LogP contribution < -0.4 is 11.1 Å². The molecule has 5 heteroatoms. The zero-order valence-electron chi connectivity index (χ0n) is 11.6. The fourth-order valence-electron chi connectivity index (χ4n) is 1.77. The standard InChI is InChI=1S/C16H16N2O2S/c1-11-4-7-15(19)14(9-11)16(20)18-10-13-6-5-12(21-13)3-2-8-17/h4-7,9,19H,8,10,17H2,1H3,(H,18,20). The van der Waals surface area contributed by atoms with Gasteiger partial charge in [-0.25, -0.2) is 0 Å². The van der Waals surface area contributed by atoms with E-state index in [9.17, 15) is 9.90 Å². The van der Waals surface area contributed by atoms with Crippen LogP contribution in [-0.2, 0) is 6.54 Å². The van der Waals surface area contributed by atoms with E-state index < -0.39 is 0 Å². The number of amides is 1. The Morgan fingerprint density at radius 2 is 2.19 bits per heavy atom. The second-order valence-corrected chi connectivity index (χ2v) is 5.64. The van der Waals surface area contributed by atoms with Crippen LogP contribution in [0.25, 0.3) is 0 Å². The van der Waals surface area contributed by atoms with Crippen molar-refractivity contribution >= 4 is 17.2 Å². The summed E-state index contributed by atoms with van der Waals surface area (Å²) < 4.78 is 0. The number of phenolic OH excluding ortho intramolecular Hbond substituents is 1. The molecule has 2 aromatic rings. The average Bonchev–Trinajstić information content (AvgIpc) is 2.93. The summed E-state index contributed by atoms with van der Waals surface area (Å²) in [5.74, 6) is 5.43. The zero-order chi connectivity index (χ0) is 15.2. The summed E-state index contributed by atoms with van der Waals surface area (Å²) in [7, 11) is 0. The highest BCUT2D eigenvalue weighted by Gasteiger charge is 2.11. The summed E-state index contributed by atoms with van der Waals surface area (Å²) in [4.78, 5) is 14.0. The van der Waals surface area contributed by atoms with Crippen molar-refractivity contribution in [3.63, 3.8) is 0 Å². The van der Waals surface area contributed by atoms with Crippen LogP contribution >= 0.6 is 11.3 Å². The molecule has 0 bridgehead atoms. The van der Waals surface area contributed by atoms with Crippen LogP contribution in [0.5, 0.6) is 5.75 Å². The molecule has 21 heavy (non-hydrogen) atoms. The normalized spacial score (nSPS) is 9.81. The van der Waals surface area contributed by atoms with Gasteiger partial charge in [0, 0.05) is 4.88 Å². The maximum absolute atomic E-state index is 12.1. The molecule has 0 atom stereocenters. The van der Waals surface area contributed by atoms with Crippen LogP contribution in [0.1, 0.15) is 25.7 Å². The number of thiophene rings is 1. The molecule has 0 saturated heterocycles. The Balaban J connectivity index is 2.01. The van der Waals surface area contributed by atoms with Gasteiger partial charge in [-0.1, -0.05) is 23.5 Å². The predicted octanol–water partition coefficient (Wildman–Crippen LogP) is 2.00. The van der Waals surface area contributed by atoms with Crippen LogP contribution in [0.4, 0.5) is 0 Å². The summed E-state index contributed by atoms with van der Waals surface area (Å²) in [6.07, 6.45) is 0. The van der Waals surface area contributed by atoms with Crippen molar-refractivity contribution in [1.29, 1.82) is 0 Å². The number of nitrogens with two attached hydrogens (primary N) is 1. The van der Waals surface area contributed by atoms with E-state index in [0.29, 0.717) is 13.1 Å². The first-order chi connectivity index (χ1) is 10.1. The minimum Gasteiger partial charge on any atom is -0.507 e. The number of carbonyl (C=O) groups excluding carboxylic acids is 1. The van der Waals surface area contributed by atoms with Crippen LogP contribution in [0.2, 0.25) is 0 Å². The van der Waals surface area contributed by atoms with Gasteiger partial charge in [-0.15, -0.1) is 11.3 Å². The van der Waals surface area contributed by atoms with E-state index in [-0.39, 0.29) is 17.2 Å². The molecule has 0 unspecified atom stereocenters. The van der Waals surface area contributed by atoms with Crippen molar-refractivity contribution in [2.75, 3.05) is 6.54 Å². The monoisotopic (exact) mass is 300 g/mol. The van der Waals surface area contributed by atoms with Gasteiger partial charge in [0.2, 0.25) is 0 Å². The first-order valence-electron chi connectivity index (χ1n) is 6.45. The van der Waals surface area contributed by atoms with Crippen LogP contribution in [-0.4, -0.2) is 17.6 Å². The number of aromatic hydroxyl groups is 1. The average molecular weight is 300 g/mol. The predicted molar refractivity (Wildman–Crippen MR) is 84.3 cm³/mol. The number of hydrogen-bond donors (Lipinski definition) is 3. The van der Waals surface area contributed by atoms with Gasteiger partial charge in [0.25, 0.3) is 5.91 Å². The number of rotatable bonds is 3. The van der Waals surface area contributed by atoms with Gasteiger partial charge in [0.15, 0.2) is 0 Å². The Morgan fingerprint density at radius 3 is 2.95 bits per heavy atom. The van der Waals surface area contributed by atoms with Crippen LogP contribution in [0.15, 0.2) is 30.3 Å². The van der Waals surface area contributed by atoms with Gasteiger partial charge in [0.1, 0.15) is 5.75 Å². The SMILES string of the molecule is Cc1ccc(O)c(C(=O)NCc2ccc(C#CCN)s2)c1. The fourth-order valence-corrected chi connectivity index (χ4v) is 2.59. The van der Waals surface area contributed by atoms with E-state index in [1.54, 1.807) is 12.1 Å². The minimum atomic E-state index is -0.292.